The fraction of sp³-hybridized carbons (Fsp3) is 0.375. The minimum Gasteiger partial charge on any atom is -0.492 e. The normalized spacial score (nSPS) is 11.2. The van der Waals surface area contributed by atoms with Crippen LogP contribution in [0.5, 0.6) is 5.75 Å². The molecule has 0 spiro atoms. The molecule has 0 unspecified atom stereocenters. The molecule has 1 N–H and O–H groups in total. The lowest BCUT2D eigenvalue weighted by Gasteiger charge is -2.03. The summed E-state index contributed by atoms with van der Waals surface area (Å²) in [5.41, 5.74) is 0. The molecule has 0 aromatic carbocycles. The van der Waals surface area contributed by atoms with E-state index in [0.29, 0.717) is 5.75 Å². The van der Waals surface area contributed by atoms with Crippen LogP contribution in [-0.2, 0) is 10.1 Å². The van der Waals surface area contributed by atoms with Gasteiger partial charge in [-0.3, -0.25) is 9.54 Å². The molecule has 0 amide bonds. The van der Waals surface area contributed by atoms with E-state index in [1.54, 1.807) is 18.3 Å². The van der Waals surface area contributed by atoms with Crippen molar-refractivity contribution in [2.75, 3.05) is 12.4 Å². The molecule has 1 aromatic rings. The van der Waals surface area contributed by atoms with Gasteiger partial charge in [-0.25, -0.2) is 0 Å². The number of nitrogens with zero attached hydrogens (tertiary/aromatic N) is 1. The summed E-state index contributed by atoms with van der Waals surface area (Å²) in [6, 6.07) is 3.44. The molecule has 78 valence electrons. The lowest BCUT2D eigenvalue weighted by molar-refractivity contribution is 0.315. The zero-order valence-electron chi connectivity index (χ0n) is 7.46. The molecule has 0 saturated carbocycles. The van der Waals surface area contributed by atoms with Crippen LogP contribution in [-0.4, -0.2) is 30.3 Å². The van der Waals surface area contributed by atoms with E-state index in [0.717, 1.165) is 0 Å². The summed E-state index contributed by atoms with van der Waals surface area (Å²) in [5, 5.41) is 0. The number of hydrogen-bond donors (Lipinski definition) is 1. The van der Waals surface area contributed by atoms with Crippen LogP contribution in [0.4, 0.5) is 0 Å². The maximum Gasteiger partial charge on any atom is 0.264 e. The molecular formula is C8H11NO4S. The van der Waals surface area contributed by atoms with Gasteiger partial charge in [0.25, 0.3) is 10.1 Å². The molecule has 5 nitrogen and oxygen atoms in total. The highest BCUT2D eigenvalue weighted by atomic mass is 32.2. The Morgan fingerprint density at radius 3 is 2.86 bits per heavy atom. The average molecular weight is 217 g/mol. The fourth-order valence-corrected chi connectivity index (χ4v) is 1.35. The van der Waals surface area contributed by atoms with Gasteiger partial charge >= 0.3 is 0 Å². The summed E-state index contributed by atoms with van der Waals surface area (Å²) in [6.07, 6.45) is 3.41. The van der Waals surface area contributed by atoms with E-state index in [4.69, 9.17) is 9.29 Å². The highest BCUT2D eigenvalue weighted by Crippen LogP contribution is 2.06. The monoisotopic (exact) mass is 217 g/mol. The molecule has 0 atom stereocenters. The van der Waals surface area contributed by atoms with Gasteiger partial charge in [0.2, 0.25) is 0 Å². The first-order valence-electron chi connectivity index (χ1n) is 4.06. The van der Waals surface area contributed by atoms with Crippen molar-refractivity contribution >= 4 is 10.1 Å². The van der Waals surface area contributed by atoms with Crippen LogP contribution in [0.15, 0.2) is 24.5 Å². The molecule has 1 rings (SSSR count). The van der Waals surface area contributed by atoms with Gasteiger partial charge in [0.05, 0.1) is 18.6 Å². The van der Waals surface area contributed by atoms with Gasteiger partial charge in [0.1, 0.15) is 5.75 Å². The van der Waals surface area contributed by atoms with Crippen LogP contribution in [0, 0.1) is 0 Å². The second-order valence-electron chi connectivity index (χ2n) is 2.68. The van der Waals surface area contributed by atoms with Gasteiger partial charge in [0, 0.05) is 6.20 Å². The van der Waals surface area contributed by atoms with Crippen LogP contribution in [0.25, 0.3) is 0 Å². The number of pyridine rings is 1. The van der Waals surface area contributed by atoms with Gasteiger partial charge in [-0.15, -0.1) is 0 Å². The highest BCUT2D eigenvalue weighted by molar-refractivity contribution is 7.85. The minimum atomic E-state index is -3.87. The first kappa shape index (κ1) is 10.9. The minimum absolute atomic E-state index is 0.242. The maximum atomic E-state index is 10.3. The van der Waals surface area contributed by atoms with Gasteiger partial charge in [-0.1, -0.05) is 0 Å². The van der Waals surface area contributed by atoms with Gasteiger partial charge in [-0.05, 0) is 18.6 Å². The Kier molecular flexibility index (Phi) is 3.84. The van der Waals surface area contributed by atoms with E-state index in [2.05, 4.69) is 4.98 Å². The molecule has 0 radical (unpaired) electrons. The predicted octanol–water partition coefficient (Wildman–Crippen LogP) is 0.738. The van der Waals surface area contributed by atoms with Gasteiger partial charge in [-0.2, -0.15) is 8.42 Å². The topological polar surface area (TPSA) is 76.5 Å². The molecule has 0 bridgehead atoms. The number of ether oxygens (including phenoxy) is 1. The molecule has 1 aromatic heterocycles. The summed E-state index contributed by atoms with van der Waals surface area (Å²) in [7, 11) is -3.87. The second kappa shape index (κ2) is 4.92. The van der Waals surface area contributed by atoms with Crippen molar-refractivity contribution in [1.29, 1.82) is 0 Å². The summed E-state index contributed by atoms with van der Waals surface area (Å²) in [4.78, 5) is 3.82. The van der Waals surface area contributed by atoms with Gasteiger partial charge < -0.3 is 4.74 Å². The van der Waals surface area contributed by atoms with Crippen LogP contribution in [0.1, 0.15) is 6.42 Å². The molecule has 0 saturated heterocycles. The Morgan fingerprint density at radius 2 is 2.29 bits per heavy atom. The van der Waals surface area contributed by atoms with Crippen molar-refractivity contribution in [3.8, 4) is 5.75 Å². The van der Waals surface area contributed by atoms with Crippen molar-refractivity contribution in [3.63, 3.8) is 0 Å². The molecule has 0 aliphatic carbocycles. The fourth-order valence-electron chi connectivity index (χ4n) is 0.864. The van der Waals surface area contributed by atoms with Crippen molar-refractivity contribution in [3.05, 3.63) is 24.5 Å². The van der Waals surface area contributed by atoms with E-state index >= 15 is 0 Å². The average Bonchev–Trinajstić information content (AvgIpc) is 2.13. The molecule has 6 heteroatoms. The third kappa shape index (κ3) is 4.78. The third-order valence-electron chi connectivity index (χ3n) is 1.45. The highest BCUT2D eigenvalue weighted by Gasteiger charge is 2.03. The maximum absolute atomic E-state index is 10.3. The lowest BCUT2D eigenvalue weighted by atomic mass is 10.4. The smallest absolute Gasteiger partial charge is 0.264 e. The first-order valence-corrected chi connectivity index (χ1v) is 5.67. The zero-order valence-corrected chi connectivity index (χ0v) is 8.27. The zero-order chi connectivity index (χ0) is 10.4. The predicted molar refractivity (Wildman–Crippen MR) is 50.8 cm³/mol. The van der Waals surface area contributed by atoms with Crippen LogP contribution < -0.4 is 4.74 Å². The Hall–Kier alpha value is -1.14. The number of rotatable bonds is 5. The molecular weight excluding hydrogens is 206 g/mol. The first-order chi connectivity index (χ1) is 6.58. The molecule has 0 aliphatic heterocycles. The second-order valence-corrected chi connectivity index (χ2v) is 4.25. The van der Waals surface area contributed by atoms with Crippen molar-refractivity contribution < 1.29 is 17.7 Å². The Bertz CT molecular complexity index is 362. The summed E-state index contributed by atoms with van der Waals surface area (Å²) >= 11 is 0. The van der Waals surface area contributed by atoms with Gasteiger partial charge in [0.15, 0.2) is 0 Å². The Balaban J connectivity index is 2.23. The van der Waals surface area contributed by atoms with E-state index in [9.17, 15) is 8.42 Å². The summed E-state index contributed by atoms with van der Waals surface area (Å²) in [6.45, 7) is 0.242. The van der Waals surface area contributed by atoms with Crippen LogP contribution in [0.2, 0.25) is 0 Å². The van der Waals surface area contributed by atoms with Crippen LogP contribution >= 0.6 is 0 Å². The lowest BCUT2D eigenvalue weighted by Crippen LogP contribution is -2.08. The quantitative estimate of drug-likeness (QED) is 0.581. The van der Waals surface area contributed by atoms with Crippen molar-refractivity contribution in [2.24, 2.45) is 0 Å². The van der Waals surface area contributed by atoms with E-state index in [-0.39, 0.29) is 18.8 Å². The van der Waals surface area contributed by atoms with E-state index < -0.39 is 10.1 Å². The van der Waals surface area contributed by atoms with E-state index in [1.165, 1.54) is 6.20 Å². The summed E-state index contributed by atoms with van der Waals surface area (Å²) < 4.78 is 34.2. The largest absolute Gasteiger partial charge is 0.492 e. The molecule has 0 aliphatic rings. The molecule has 1 heterocycles. The number of aromatic nitrogens is 1. The Morgan fingerprint density at radius 1 is 1.50 bits per heavy atom. The van der Waals surface area contributed by atoms with Crippen LogP contribution in [0.3, 0.4) is 0 Å². The number of hydrogen-bond acceptors (Lipinski definition) is 4. The standard InChI is InChI=1S/C8H11NO4S/c10-14(11,12)6-2-5-13-8-3-1-4-9-7-8/h1,3-4,7H,2,5-6H2,(H,10,11,12). The Labute approximate surface area is 82.5 Å². The third-order valence-corrected chi connectivity index (χ3v) is 2.25. The van der Waals surface area contributed by atoms with Crippen molar-refractivity contribution in [1.82, 2.24) is 4.98 Å². The SMILES string of the molecule is O=S(=O)(O)CCCOc1cccnc1. The summed E-state index contributed by atoms with van der Waals surface area (Å²) in [5.74, 6) is 0.301. The van der Waals surface area contributed by atoms with E-state index in [1.807, 2.05) is 0 Å². The molecule has 0 fully saturated rings. The molecule has 14 heavy (non-hydrogen) atoms. The van der Waals surface area contributed by atoms with Crippen molar-refractivity contribution in [2.45, 2.75) is 6.42 Å².